The summed E-state index contributed by atoms with van der Waals surface area (Å²) >= 11 is 0. The van der Waals surface area contributed by atoms with Crippen LogP contribution in [0.5, 0.6) is 0 Å². The minimum atomic E-state index is 0.763. The van der Waals surface area contributed by atoms with Crippen molar-refractivity contribution in [2.24, 2.45) is 0 Å². The molecule has 4 heterocycles. The first-order valence-corrected chi connectivity index (χ1v) is 7.81. The molecule has 0 atom stereocenters. The van der Waals surface area contributed by atoms with Crippen molar-refractivity contribution >= 4 is 11.0 Å². The van der Waals surface area contributed by atoms with E-state index in [9.17, 15) is 0 Å². The molecule has 25 heavy (non-hydrogen) atoms. The Kier molecular flexibility index (Phi) is 2.96. The second-order valence-electron chi connectivity index (χ2n) is 5.61. The number of hydrogen-bond acceptors (Lipinski definition) is 4. The van der Waals surface area contributed by atoms with E-state index in [2.05, 4.69) is 15.0 Å². The highest BCUT2D eigenvalue weighted by molar-refractivity contribution is 5.79. The number of fused-ring (bicyclic) bond motifs is 1. The van der Waals surface area contributed by atoms with Crippen molar-refractivity contribution in [1.82, 2.24) is 34.1 Å². The minimum absolute atomic E-state index is 0.763. The fraction of sp³-hybridized carbons (Fsp3) is 0. The van der Waals surface area contributed by atoms with Crippen LogP contribution < -0.4 is 0 Å². The molecule has 0 saturated carbocycles. The van der Waals surface area contributed by atoms with Crippen LogP contribution in [0.1, 0.15) is 0 Å². The van der Waals surface area contributed by atoms with E-state index in [1.165, 1.54) is 0 Å². The van der Waals surface area contributed by atoms with Gasteiger partial charge in [-0.05, 0) is 24.3 Å². The van der Waals surface area contributed by atoms with Gasteiger partial charge in [-0.1, -0.05) is 12.1 Å². The highest BCUT2D eigenvalue weighted by atomic mass is 15.2. The number of aromatic amines is 1. The molecule has 0 amide bonds. The number of H-pyrrole nitrogens is 1. The van der Waals surface area contributed by atoms with Gasteiger partial charge in [0.05, 0.1) is 11.0 Å². The van der Waals surface area contributed by atoms with Crippen molar-refractivity contribution < 1.29 is 0 Å². The zero-order valence-electron chi connectivity index (χ0n) is 13.1. The number of aromatic nitrogens is 7. The molecular weight excluding hydrogens is 314 g/mol. The third-order valence-corrected chi connectivity index (χ3v) is 4.00. The summed E-state index contributed by atoms with van der Waals surface area (Å²) in [6, 6.07) is 11.9. The number of imidazole rings is 3. The number of nitrogens with zero attached hydrogens (tertiary/aromatic N) is 6. The van der Waals surface area contributed by atoms with Crippen LogP contribution in [0.15, 0.2) is 73.8 Å². The van der Waals surface area contributed by atoms with Gasteiger partial charge in [0.15, 0.2) is 0 Å². The molecule has 0 fully saturated rings. The lowest BCUT2D eigenvalue weighted by molar-refractivity contribution is 0.934. The van der Waals surface area contributed by atoms with Crippen LogP contribution in [0, 0.1) is 0 Å². The zero-order valence-corrected chi connectivity index (χ0v) is 13.1. The van der Waals surface area contributed by atoms with E-state index in [-0.39, 0.29) is 0 Å². The smallest absolute Gasteiger partial charge is 0.141 e. The lowest BCUT2D eigenvalue weighted by atomic mass is 10.2. The fourth-order valence-electron chi connectivity index (χ4n) is 2.78. The van der Waals surface area contributed by atoms with Gasteiger partial charge in [0.25, 0.3) is 0 Å². The molecule has 120 valence electrons. The van der Waals surface area contributed by atoms with E-state index in [1.807, 2.05) is 57.9 Å². The Labute approximate surface area is 142 Å². The van der Waals surface area contributed by atoms with E-state index in [0.717, 1.165) is 34.1 Å². The topological polar surface area (TPSA) is 77.2 Å². The van der Waals surface area contributed by atoms with E-state index in [4.69, 9.17) is 9.97 Å². The molecule has 0 spiro atoms. The van der Waals surface area contributed by atoms with Crippen molar-refractivity contribution in [3.8, 4) is 23.0 Å². The lowest BCUT2D eigenvalue weighted by Crippen LogP contribution is -2.02. The Morgan fingerprint density at radius 1 is 0.800 bits per heavy atom. The van der Waals surface area contributed by atoms with Crippen LogP contribution in [0.3, 0.4) is 0 Å². The number of hydrogen-bond donors (Lipinski definition) is 1. The normalized spacial score (nSPS) is 11.2. The Balaban J connectivity index is 1.72. The average Bonchev–Trinajstić information content (AvgIpc) is 3.42. The van der Waals surface area contributed by atoms with Crippen LogP contribution in [0.2, 0.25) is 0 Å². The average molecular weight is 327 g/mol. The Bertz CT molecular complexity index is 1050. The van der Waals surface area contributed by atoms with Crippen molar-refractivity contribution in [3.05, 3.63) is 73.8 Å². The number of benzene rings is 1. The molecule has 0 aliphatic carbocycles. The van der Waals surface area contributed by atoms with Gasteiger partial charge in [-0.3, -0.25) is 9.13 Å². The van der Waals surface area contributed by atoms with E-state index >= 15 is 0 Å². The lowest BCUT2D eigenvalue weighted by Gasteiger charge is -2.08. The van der Waals surface area contributed by atoms with Crippen LogP contribution in [-0.2, 0) is 0 Å². The molecule has 5 rings (SSSR count). The van der Waals surface area contributed by atoms with Gasteiger partial charge in [0.2, 0.25) is 0 Å². The van der Waals surface area contributed by atoms with Gasteiger partial charge in [0, 0.05) is 30.4 Å². The molecule has 0 bridgehead atoms. The van der Waals surface area contributed by atoms with Gasteiger partial charge < -0.3 is 4.98 Å². The first-order chi connectivity index (χ1) is 12.4. The van der Waals surface area contributed by atoms with Crippen LogP contribution in [0.25, 0.3) is 34.1 Å². The van der Waals surface area contributed by atoms with E-state index < -0.39 is 0 Å². The molecule has 0 aliphatic rings. The van der Waals surface area contributed by atoms with Crippen molar-refractivity contribution in [2.45, 2.75) is 0 Å². The second kappa shape index (κ2) is 5.41. The van der Waals surface area contributed by atoms with Gasteiger partial charge in [0.1, 0.15) is 30.1 Å². The summed E-state index contributed by atoms with van der Waals surface area (Å²) in [6.45, 7) is 0. The number of nitrogens with one attached hydrogen (secondary N) is 1. The highest BCUT2D eigenvalue weighted by Gasteiger charge is 2.11. The first-order valence-electron chi connectivity index (χ1n) is 7.81. The number of rotatable bonds is 3. The van der Waals surface area contributed by atoms with Crippen molar-refractivity contribution in [2.75, 3.05) is 0 Å². The quantitative estimate of drug-likeness (QED) is 0.552. The highest BCUT2D eigenvalue weighted by Crippen LogP contribution is 2.24. The third-order valence-electron chi connectivity index (χ3n) is 4.00. The van der Waals surface area contributed by atoms with Gasteiger partial charge in [-0.25, -0.2) is 19.9 Å². The Morgan fingerprint density at radius 3 is 2.08 bits per heavy atom. The molecule has 0 radical (unpaired) electrons. The molecule has 1 aromatic carbocycles. The molecule has 5 aromatic rings. The van der Waals surface area contributed by atoms with Gasteiger partial charge >= 0.3 is 0 Å². The maximum Gasteiger partial charge on any atom is 0.141 e. The zero-order chi connectivity index (χ0) is 16.6. The fourth-order valence-corrected chi connectivity index (χ4v) is 2.78. The molecule has 1 N–H and O–H groups in total. The third kappa shape index (κ3) is 2.38. The summed E-state index contributed by atoms with van der Waals surface area (Å²) in [4.78, 5) is 21.0. The summed E-state index contributed by atoms with van der Waals surface area (Å²) < 4.78 is 3.74. The molecule has 7 nitrogen and oxygen atoms in total. The monoisotopic (exact) mass is 327 g/mol. The summed E-state index contributed by atoms with van der Waals surface area (Å²) in [5, 5.41) is 0. The summed E-state index contributed by atoms with van der Waals surface area (Å²) in [6.07, 6.45) is 10.6. The standard InChI is InChI=1S/C18H13N7/c1-2-4-15-14(3-1)21-18(22-15)13-9-16(24-7-5-19-11-24)23-17(10-13)25-8-6-20-12-25/h1-12H,(H,21,22). The van der Waals surface area contributed by atoms with Crippen LogP contribution >= 0.6 is 0 Å². The second-order valence-corrected chi connectivity index (χ2v) is 5.61. The maximum atomic E-state index is 4.70. The molecule has 4 aromatic heterocycles. The van der Waals surface area contributed by atoms with Crippen molar-refractivity contribution in [1.29, 1.82) is 0 Å². The van der Waals surface area contributed by atoms with E-state index in [1.54, 1.807) is 25.0 Å². The SMILES string of the molecule is c1ccc2[nH]c(-c3cc(-n4ccnc4)nc(-n4ccnc4)c3)nc2c1. The predicted octanol–water partition coefficient (Wildman–Crippen LogP) is 3.00. The molecular formula is C18H13N7. The number of pyridine rings is 1. The summed E-state index contributed by atoms with van der Waals surface area (Å²) in [5.74, 6) is 2.32. The predicted molar refractivity (Wildman–Crippen MR) is 93.6 cm³/mol. The van der Waals surface area contributed by atoms with Crippen molar-refractivity contribution in [3.63, 3.8) is 0 Å². The molecule has 0 unspecified atom stereocenters. The molecule has 0 aliphatic heterocycles. The number of para-hydroxylation sites is 2. The summed E-state index contributed by atoms with van der Waals surface area (Å²) in [7, 11) is 0. The van der Waals surface area contributed by atoms with Gasteiger partial charge in [-0.2, -0.15) is 0 Å². The van der Waals surface area contributed by atoms with Crippen LogP contribution in [-0.4, -0.2) is 34.1 Å². The van der Waals surface area contributed by atoms with E-state index in [0.29, 0.717) is 0 Å². The molecule has 7 heteroatoms. The molecule has 0 saturated heterocycles. The summed E-state index contributed by atoms with van der Waals surface area (Å²) in [5.41, 5.74) is 2.88. The first kappa shape index (κ1) is 13.7. The minimum Gasteiger partial charge on any atom is -0.338 e. The maximum absolute atomic E-state index is 4.70. The Hall–Kier alpha value is -3.74. The largest absolute Gasteiger partial charge is 0.338 e. The van der Waals surface area contributed by atoms with Gasteiger partial charge in [-0.15, -0.1) is 0 Å². The Morgan fingerprint density at radius 2 is 1.48 bits per heavy atom. The van der Waals surface area contributed by atoms with Crippen LogP contribution in [0.4, 0.5) is 0 Å².